The standard InChI is InChI=1S/C13H17NO2/c1-9-5-6-10(8-9)13(15)12-11(16-2)4-3-7-14-12/h3-4,7,9-10H,5-6,8H2,1-2H3. The number of hydrogen-bond acceptors (Lipinski definition) is 3. The van der Waals surface area contributed by atoms with E-state index in [0.29, 0.717) is 17.4 Å². The van der Waals surface area contributed by atoms with Gasteiger partial charge >= 0.3 is 0 Å². The molecule has 3 nitrogen and oxygen atoms in total. The normalized spacial score (nSPS) is 24.4. The number of methoxy groups -OCH3 is 1. The number of Topliss-reactive ketones (excluding diaryl/α,β-unsaturated/α-hetero) is 1. The summed E-state index contributed by atoms with van der Waals surface area (Å²) in [7, 11) is 1.57. The highest BCUT2D eigenvalue weighted by atomic mass is 16.5. The lowest BCUT2D eigenvalue weighted by molar-refractivity contribution is 0.0912. The van der Waals surface area contributed by atoms with Gasteiger partial charge in [-0.3, -0.25) is 4.79 Å². The van der Waals surface area contributed by atoms with Gasteiger partial charge in [-0.25, -0.2) is 4.98 Å². The molecule has 1 heterocycles. The molecule has 1 aliphatic rings. The maximum Gasteiger partial charge on any atom is 0.188 e. The number of nitrogens with zero attached hydrogens (tertiary/aromatic N) is 1. The Balaban J connectivity index is 2.20. The van der Waals surface area contributed by atoms with E-state index in [4.69, 9.17) is 4.74 Å². The van der Waals surface area contributed by atoms with Crippen molar-refractivity contribution in [3.05, 3.63) is 24.0 Å². The van der Waals surface area contributed by atoms with Gasteiger partial charge in [0.15, 0.2) is 5.78 Å². The van der Waals surface area contributed by atoms with E-state index in [1.165, 1.54) is 0 Å². The van der Waals surface area contributed by atoms with Crippen LogP contribution >= 0.6 is 0 Å². The second kappa shape index (κ2) is 4.64. The minimum absolute atomic E-state index is 0.138. The molecule has 86 valence electrons. The summed E-state index contributed by atoms with van der Waals surface area (Å²) in [4.78, 5) is 16.4. The van der Waals surface area contributed by atoms with E-state index in [1.54, 1.807) is 25.4 Å². The predicted molar refractivity (Wildman–Crippen MR) is 61.6 cm³/mol. The molecule has 1 aromatic rings. The van der Waals surface area contributed by atoms with Gasteiger partial charge in [-0.1, -0.05) is 6.92 Å². The Bertz CT molecular complexity index is 389. The van der Waals surface area contributed by atoms with E-state index in [0.717, 1.165) is 19.3 Å². The number of ketones is 1. The third-order valence-electron chi connectivity index (χ3n) is 3.29. The third-order valence-corrected chi connectivity index (χ3v) is 3.29. The van der Waals surface area contributed by atoms with Crippen molar-refractivity contribution in [1.82, 2.24) is 4.98 Å². The Kier molecular flexibility index (Phi) is 3.22. The Morgan fingerprint density at radius 1 is 1.50 bits per heavy atom. The molecule has 3 heteroatoms. The van der Waals surface area contributed by atoms with Crippen LogP contribution in [0.15, 0.2) is 18.3 Å². The zero-order valence-electron chi connectivity index (χ0n) is 9.77. The van der Waals surface area contributed by atoms with E-state index in [9.17, 15) is 4.79 Å². The summed E-state index contributed by atoms with van der Waals surface area (Å²) >= 11 is 0. The highest BCUT2D eigenvalue weighted by Gasteiger charge is 2.30. The van der Waals surface area contributed by atoms with Gasteiger partial charge in [0.05, 0.1) is 7.11 Å². The minimum Gasteiger partial charge on any atom is -0.494 e. The molecule has 0 bridgehead atoms. The number of hydrogen-bond donors (Lipinski definition) is 0. The number of ether oxygens (including phenoxy) is 1. The molecule has 1 saturated carbocycles. The van der Waals surface area contributed by atoms with Gasteiger partial charge in [0.2, 0.25) is 0 Å². The molecule has 2 rings (SSSR count). The van der Waals surface area contributed by atoms with Crippen LogP contribution in [0.1, 0.15) is 36.7 Å². The Morgan fingerprint density at radius 2 is 2.31 bits per heavy atom. The van der Waals surface area contributed by atoms with Crippen molar-refractivity contribution in [3.8, 4) is 5.75 Å². The van der Waals surface area contributed by atoms with Crippen molar-refractivity contribution < 1.29 is 9.53 Å². The number of rotatable bonds is 3. The minimum atomic E-state index is 0.138. The van der Waals surface area contributed by atoms with Crippen LogP contribution in [-0.4, -0.2) is 17.9 Å². The first-order valence-corrected chi connectivity index (χ1v) is 5.75. The molecule has 0 saturated heterocycles. The fraction of sp³-hybridized carbons (Fsp3) is 0.538. The predicted octanol–water partition coefficient (Wildman–Crippen LogP) is 2.71. The second-order valence-corrected chi connectivity index (χ2v) is 4.53. The molecule has 0 aliphatic heterocycles. The smallest absolute Gasteiger partial charge is 0.188 e. The van der Waals surface area contributed by atoms with Crippen molar-refractivity contribution in [2.24, 2.45) is 11.8 Å². The van der Waals surface area contributed by atoms with E-state index in [-0.39, 0.29) is 11.7 Å². The van der Waals surface area contributed by atoms with Crippen LogP contribution in [0.4, 0.5) is 0 Å². The van der Waals surface area contributed by atoms with Crippen molar-refractivity contribution in [2.75, 3.05) is 7.11 Å². The van der Waals surface area contributed by atoms with Crippen molar-refractivity contribution in [1.29, 1.82) is 0 Å². The quantitative estimate of drug-likeness (QED) is 0.734. The Labute approximate surface area is 95.8 Å². The zero-order chi connectivity index (χ0) is 11.5. The number of aromatic nitrogens is 1. The van der Waals surface area contributed by atoms with E-state index in [2.05, 4.69) is 11.9 Å². The topological polar surface area (TPSA) is 39.2 Å². The van der Waals surface area contributed by atoms with Crippen LogP contribution in [-0.2, 0) is 0 Å². The van der Waals surface area contributed by atoms with Crippen LogP contribution < -0.4 is 4.74 Å². The Hall–Kier alpha value is -1.38. The average Bonchev–Trinajstić information content (AvgIpc) is 2.75. The number of pyridine rings is 1. The van der Waals surface area contributed by atoms with Gasteiger partial charge < -0.3 is 4.74 Å². The highest BCUT2D eigenvalue weighted by molar-refractivity contribution is 5.98. The zero-order valence-corrected chi connectivity index (χ0v) is 9.77. The summed E-state index contributed by atoms with van der Waals surface area (Å²) < 4.78 is 5.17. The van der Waals surface area contributed by atoms with Crippen LogP contribution in [0.2, 0.25) is 0 Å². The fourth-order valence-electron chi connectivity index (χ4n) is 2.38. The van der Waals surface area contributed by atoms with E-state index < -0.39 is 0 Å². The van der Waals surface area contributed by atoms with E-state index in [1.807, 2.05) is 0 Å². The lowest BCUT2D eigenvalue weighted by Crippen LogP contribution is -2.14. The first-order chi connectivity index (χ1) is 7.72. The molecule has 0 amide bonds. The van der Waals surface area contributed by atoms with Gasteiger partial charge in [-0.15, -0.1) is 0 Å². The molecule has 1 aliphatic carbocycles. The van der Waals surface area contributed by atoms with E-state index >= 15 is 0 Å². The lowest BCUT2D eigenvalue weighted by Gasteiger charge is -2.10. The molecule has 0 radical (unpaired) electrons. The molecule has 1 aromatic heterocycles. The van der Waals surface area contributed by atoms with Crippen LogP contribution in [0.25, 0.3) is 0 Å². The SMILES string of the molecule is COc1cccnc1C(=O)C1CCC(C)C1. The van der Waals surface area contributed by atoms with Gasteiger partial charge in [-0.2, -0.15) is 0 Å². The fourth-order valence-corrected chi connectivity index (χ4v) is 2.38. The summed E-state index contributed by atoms with van der Waals surface area (Å²) in [5.41, 5.74) is 0.490. The number of carbonyl (C=O) groups excluding carboxylic acids is 1. The van der Waals surface area contributed by atoms with Crippen molar-refractivity contribution >= 4 is 5.78 Å². The van der Waals surface area contributed by atoms with Crippen LogP contribution in [0.3, 0.4) is 0 Å². The molecule has 0 N–H and O–H groups in total. The van der Waals surface area contributed by atoms with Gasteiger partial charge in [0.1, 0.15) is 11.4 Å². The average molecular weight is 219 g/mol. The summed E-state index contributed by atoms with van der Waals surface area (Å²) in [6, 6.07) is 3.57. The molecule has 16 heavy (non-hydrogen) atoms. The first-order valence-electron chi connectivity index (χ1n) is 5.75. The molecule has 2 atom stereocenters. The van der Waals surface area contributed by atoms with Gasteiger partial charge in [-0.05, 0) is 37.3 Å². The molecular weight excluding hydrogens is 202 g/mol. The van der Waals surface area contributed by atoms with Gasteiger partial charge in [0, 0.05) is 12.1 Å². The number of carbonyl (C=O) groups is 1. The third kappa shape index (κ3) is 2.08. The lowest BCUT2D eigenvalue weighted by atomic mass is 9.98. The molecule has 1 fully saturated rings. The molecular formula is C13H17NO2. The second-order valence-electron chi connectivity index (χ2n) is 4.53. The maximum atomic E-state index is 12.2. The monoisotopic (exact) mass is 219 g/mol. The first kappa shape index (κ1) is 11.1. The summed E-state index contributed by atoms with van der Waals surface area (Å²) in [5, 5.41) is 0. The molecule has 0 aromatic carbocycles. The maximum absolute atomic E-state index is 12.2. The van der Waals surface area contributed by atoms with Crippen LogP contribution in [0, 0.1) is 11.8 Å². The van der Waals surface area contributed by atoms with Crippen LogP contribution in [0.5, 0.6) is 5.75 Å². The van der Waals surface area contributed by atoms with Crippen molar-refractivity contribution in [2.45, 2.75) is 26.2 Å². The molecule has 2 unspecified atom stereocenters. The summed E-state index contributed by atoms with van der Waals surface area (Å²) in [6.45, 7) is 2.20. The highest BCUT2D eigenvalue weighted by Crippen LogP contribution is 2.33. The van der Waals surface area contributed by atoms with Crippen molar-refractivity contribution in [3.63, 3.8) is 0 Å². The summed E-state index contributed by atoms with van der Waals surface area (Å²) in [5.74, 6) is 1.52. The summed E-state index contributed by atoms with van der Waals surface area (Å²) in [6.07, 6.45) is 4.76. The molecule has 0 spiro atoms. The largest absolute Gasteiger partial charge is 0.494 e. The Morgan fingerprint density at radius 3 is 2.94 bits per heavy atom. The van der Waals surface area contributed by atoms with Gasteiger partial charge in [0.25, 0.3) is 0 Å².